The Morgan fingerprint density at radius 1 is 1.15 bits per heavy atom. The van der Waals surface area contributed by atoms with Crippen LogP contribution in [0.25, 0.3) is 16.7 Å². The number of carbonyl (C=O) groups is 1. The summed E-state index contributed by atoms with van der Waals surface area (Å²) >= 11 is 0. The molecule has 0 aliphatic heterocycles. The van der Waals surface area contributed by atoms with Crippen molar-refractivity contribution in [1.29, 1.82) is 0 Å². The highest BCUT2D eigenvalue weighted by Gasteiger charge is 2.35. The van der Waals surface area contributed by atoms with Gasteiger partial charge in [0.2, 0.25) is 0 Å². The lowest BCUT2D eigenvalue weighted by Gasteiger charge is -2.14. The van der Waals surface area contributed by atoms with Crippen molar-refractivity contribution in [2.45, 2.75) is 26.6 Å². The third-order valence-corrected chi connectivity index (χ3v) is 4.94. The molecule has 0 aliphatic carbocycles. The average molecular weight is 456 g/mol. The zero-order chi connectivity index (χ0) is 23.8. The number of aromatic nitrogens is 4. The summed E-state index contributed by atoms with van der Waals surface area (Å²) in [7, 11) is 0. The van der Waals surface area contributed by atoms with Gasteiger partial charge >= 0.3 is 12.2 Å². The van der Waals surface area contributed by atoms with Crippen LogP contribution in [0.15, 0.2) is 53.7 Å². The molecule has 0 saturated heterocycles. The van der Waals surface area contributed by atoms with Crippen molar-refractivity contribution in [3.05, 3.63) is 81.8 Å². The molecule has 33 heavy (non-hydrogen) atoms. The summed E-state index contributed by atoms with van der Waals surface area (Å²) in [6.07, 6.45) is -2.06. The van der Waals surface area contributed by atoms with Gasteiger partial charge in [-0.25, -0.2) is 14.8 Å². The average Bonchev–Trinajstić information content (AvgIpc) is 3.22. The van der Waals surface area contributed by atoms with Gasteiger partial charge in [-0.15, -0.1) is 0 Å². The van der Waals surface area contributed by atoms with E-state index in [4.69, 9.17) is 0 Å². The summed E-state index contributed by atoms with van der Waals surface area (Å²) in [5.41, 5.74) is 0.643. The number of H-pyrrole nitrogens is 1. The van der Waals surface area contributed by atoms with Crippen molar-refractivity contribution in [3.63, 3.8) is 0 Å². The summed E-state index contributed by atoms with van der Waals surface area (Å²) in [6, 6.07) is 8.83. The summed E-state index contributed by atoms with van der Waals surface area (Å²) in [5.74, 6) is 0. The first-order valence-corrected chi connectivity index (χ1v) is 9.87. The highest BCUT2D eigenvalue weighted by atomic mass is 19.4. The van der Waals surface area contributed by atoms with Gasteiger partial charge in [0, 0.05) is 11.9 Å². The second-order valence-electron chi connectivity index (χ2n) is 7.48. The normalized spacial score (nSPS) is 11.5. The second-order valence-corrected chi connectivity index (χ2v) is 7.48. The van der Waals surface area contributed by atoms with Gasteiger partial charge in [-0.1, -0.05) is 17.7 Å². The van der Waals surface area contributed by atoms with Crippen molar-refractivity contribution >= 4 is 22.8 Å². The Balaban J connectivity index is 1.57. The maximum absolute atomic E-state index is 13.7. The molecule has 8 nitrogen and oxygen atoms in total. The third kappa shape index (κ3) is 4.86. The van der Waals surface area contributed by atoms with Crippen LogP contribution < -0.4 is 16.2 Å². The van der Waals surface area contributed by atoms with E-state index in [-0.39, 0.29) is 29.0 Å². The molecule has 2 aromatic carbocycles. The number of halogens is 3. The van der Waals surface area contributed by atoms with E-state index >= 15 is 0 Å². The number of hydrogen-bond donors (Lipinski definition) is 3. The van der Waals surface area contributed by atoms with Gasteiger partial charge in [-0.2, -0.15) is 13.2 Å². The molecule has 0 spiro atoms. The van der Waals surface area contributed by atoms with Gasteiger partial charge in [0.25, 0.3) is 5.56 Å². The number of nitrogens with zero attached hydrogens (tertiary/aromatic N) is 3. The number of fused-ring (bicyclic) bond motifs is 1. The predicted molar refractivity (Wildman–Crippen MR) is 116 cm³/mol. The lowest BCUT2D eigenvalue weighted by atomic mass is 10.1. The van der Waals surface area contributed by atoms with Gasteiger partial charge in [-0.3, -0.25) is 4.79 Å². The minimum Gasteiger partial charge on any atom is -0.332 e. The Bertz CT molecular complexity index is 1390. The van der Waals surface area contributed by atoms with Crippen LogP contribution in [0.5, 0.6) is 0 Å². The molecule has 0 atom stereocenters. The highest BCUT2D eigenvalue weighted by Crippen LogP contribution is 2.35. The Labute approximate surface area is 185 Å². The standard InChI is InChI=1S/C22H19F3N6O2/c1-12-3-5-14(6-4-12)29-21(33)26-9-15-10-31(11-27-15)19-8-18-17(7-16(19)22(23,24)25)30-20(32)13(2)28-18/h3-8,10-11H,9H2,1-2H3,(H,30,32)(H2,26,29,33). The lowest BCUT2D eigenvalue weighted by molar-refractivity contribution is -0.137. The summed E-state index contributed by atoms with van der Waals surface area (Å²) in [4.78, 5) is 34.4. The zero-order valence-electron chi connectivity index (χ0n) is 17.6. The predicted octanol–water partition coefficient (Wildman–Crippen LogP) is 4.07. The molecule has 0 aliphatic rings. The number of rotatable bonds is 4. The number of carbonyl (C=O) groups excluding carboxylic acids is 1. The molecular formula is C22H19F3N6O2. The Hall–Kier alpha value is -4.15. The largest absolute Gasteiger partial charge is 0.418 e. The van der Waals surface area contributed by atoms with Crippen molar-refractivity contribution in [2.24, 2.45) is 0 Å². The van der Waals surface area contributed by atoms with Gasteiger partial charge < -0.3 is 20.2 Å². The minimum absolute atomic E-state index is 0.00427. The first kappa shape index (κ1) is 22.1. The topological polar surface area (TPSA) is 105 Å². The zero-order valence-corrected chi connectivity index (χ0v) is 17.6. The molecule has 0 bridgehead atoms. The lowest BCUT2D eigenvalue weighted by Crippen LogP contribution is -2.28. The smallest absolute Gasteiger partial charge is 0.332 e. The fourth-order valence-corrected chi connectivity index (χ4v) is 3.22. The number of aromatic amines is 1. The number of urea groups is 1. The van der Waals surface area contributed by atoms with E-state index in [9.17, 15) is 22.8 Å². The Morgan fingerprint density at radius 2 is 1.88 bits per heavy atom. The van der Waals surface area contributed by atoms with Crippen LogP contribution >= 0.6 is 0 Å². The van der Waals surface area contributed by atoms with Crippen LogP contribution in [-0.4, -0.2) is 25.6 Å². The van der Waals surface area contributed by atoms with E-state index in [0.717, 1.165) is 11.6 Å². The molecule has 170 valence electrons. The summed E-state index contributed by atoms with van der Waals surface area (Å²) in [6.45, 7) is 3.40. The maximum Gasteiger partial charge on any atom is 0.418 e. The van der Waals surface area contributed by atoms with Crippen molar-refractivity contribution < 1.29 is 18.0 Å². The van der Waals surface area contributed by atoms with E-state index < -0.39 is 23.3 Å². The van der Waals surface area contributed by atoms with Crippen LogP contribution in [0, 0.1) is 13.8 Å². The number of imidazole rings is 1. The molecule has 2 aromatic heterocycles. The van der Waals surface area contributed by atoms with Crippen LogP contribution in [0.4, 0.5) is 23.7 Å². The van der Waals surface area contributed by atoms with Crippen molar-refractivity contribution in [1.82, 2.24) is 24.8 Å². The fraction of sp³-hybridized carbons (Fsp3) is 0.182. The van der Waals surface area contributed by atoms with Crippen molar-refractivity contribution in [2.75, 3.05) is 5.32 Å². The first-order valence-electron chi connectivity index (χ1n) is 9.87. The number of anilines is 1. The molecule has 2 heterocycles. The summed E-state index contributed by atoms with van der Waals surface area (Å²) in [5, 5.41) is 5.28. The van der Waals surface area contributed by atoms with E-state index in [0.29, 0.717) is 11.4 Å². The molecule has 3 N–H and O–H groups in total. The van der Waals surface area contributed by atoms with Crippen molar-refractivity contribution in [3.8, 4) is 5.69 Å². The van der Waals surface area contributed by atoms with Gasteiger partial charge in [0.05, 0.1) is 40.9 Å². The number of alkyl halides is 3. The second kappa shape index (κ2) is 8.41. The molecule has 0 fully saturated rings. The van der Waals surface area contributed by atoms with Gasteiger partial charge in [0.15, 0.2) is 0 Å². The quantitative estimate of drug-likeness (QED) is 0.431. The number of benzene rings is 2. The SMILES string of the molecule is Cc1ccc(NC(=O)NCc2cn(-c3cc4nc(C)c(=O)[nH]c4cc3C(F)(F)F)cn2)cc1. The molecule has 4 rings (SSSR count). The van der Waals surface area contributed by atoms with E-state index in [1.165, 1.54) is 30.1 Å². The third-order valence-electron chi connectivity index (χ3n) is 4.94. The van der Waals surface area contributed by atoms with Gasteiger partial charge in [-0.05, 0) is 38.1 Å². The molecule has 0 unspecified atom stereocenters. The van der Waals surface area contributed by atoms with E-state index in [1.807, 2.05) is 19.1 Å². The monoisotopic (exact) mass is 456 g/mol. The molecule has 4 aromatic rings. The minimum atomic E-state index is -4.68. The number of hydrogen-bond acceptors (Lipinski definition) is 4. The van der Waals surface area contributed by atoms with E-state index in [1.54, 1.807) is 12.1 Å². The van der Waals surface area contributed by atoms with Crippen LogP contribution in [0.3, 0.4) is 0 Å². The highest BCUT2D eigenvalue weighted by molar-refractivity contribution is 5.89. The summed E-state index contributed by atoms with van der Waals surface area (Å²) < 4.78 is 42.4. The fourth-order valence-electron chi connectivity index (χ4n) is 3.22. The maximum atomic E-state index is 13.7. The Kier molecular flexibility index (Phi) is 5.62. The molecule has 11 heteroatoms. The number of aryl methyl sites for hydroxylation is 2. The number of amides is 2. The Morgan fingerprint density at radius 3 is 2.58 bits per heavy atom. The molecule has 2 amide bonds. The van der Waals surface area contributed by atoms with Crippen LogP contribution in [-0.2, 0) is 12.7 Å². The van der Waals surface area contributed by atoms with E-state index in [2.05, 4.69) is 25.6 Å². The first-order chi connectivity index (χ1) is 15.6. The number of nitrogens with one attached hydrogen (secondary N) is 3. The van der Waals surface area contributed by atoms with Crippen LogP contribution in [0.1, 0.15) is 22.5 Å². The molecular weight excluding hydrogens is 437 g/mol. The van der Waals surface area contributed by atoms with Crippen LogP contribution in [0.2, 0.25) is 0 Å². The molecule has 0 radical (unpaired) electrons. The molecule has 0 saturated carbocycles. The van der Waals surface area contributed by atoms with Gasteiger partial charge in [0.1, 0.15) is 5.69 Å².